The van der Waals surface area contributed by atoms with Crippen molar-refractivity contribution in [3.63, 3.8) is 0 Å². The van der Waals surface area contributed by atoms with E-state index in [0.717, 1.165) is 71.3 Å². The summed E-state index contributed by atoms with van der Waals surface area (Å²) in [5.41, 5.74) is 1.31. The van der Waals surface area contributed by atoms with E-state index >= 15 is 0 Å². The Balaban J connectivity index is 0.00000341. The first kappa shape index (κ1) is 25.9. The van der Waals surface area contributed by atoms with E-state index in [2.05, 4.69) is 57.7 Å². The predicted molar refractivity (Wildman–Crippen MR) is 136 cm³/mol. The largest absolute Gasteiger partial charge is 0.379 e. The summed E-state index contributed by atoms with van der Waals surface area (Å²) in [5, 5.41) is 6.23. The third-order valence-electron chi connectivity index (χ3n) is 6.09. The molecule has 2 aliphatic heterocycles. The summed E-state index contributed by atoms with van der Waals surface area (Å²) in [7, 11) is 1.71. The summed E-state index contributed by atoms with van der Waals surface area (Å²) < 4.78 is 5.56. The molecule has 0 aliphatic carbocycles. The zero-order chi connectivity index (χ0) is 21.2. The Bertz CT molecular complexity index is 674. The Morgan fingerprint density at radius 1 is 1.16 bits per heavy atom. The maximum atomic E-state index is 11.7. The van der Waals surface area contributed by atoms with Gasteiger partial charge in [-0.15, -0.1) is 24.0 Å². The fourth-order valence-electron chi connectivity index (χ4n) is 4.31. The van der Waals surface area contributed by atoms with Crippen LogP contribution in [0, 0.1) is 5.92 Å². The second kappa shape index (κ2) is 13.9. The first-order chi connectivity index (χ1) is 14.7. The Kier molecular flexibility index (Phi) is 11.6. The number of hydrogen-bond acceptors (Lipinski definition) is 4. The normalized spacial score (nSPS) is 19.4. The van der Waals surface area contributed by atoms with Gasteiger partial charge in [-0.2, -0.15) is 0 Å². The maximum Gasteiger partial charge on any atom is 0.220 e. The minimum Gasteiger partial charge on any atom is -0.379 e. The maximum absolute atomic E-state index is 11.7. The number of hydrogen-bond donors (Lipinski definition) is 2. The number of piperidine rings is 1. The summed E-state index contributed by atoms with van der Waals surface area (Å²) in [4.78, 5) is 21.6. The molecule has 7 nitrogen and oxygen atoms in total. The number of rotatable bonds is 7. The molecule has 174 valence electrons. The Morgan fingerprint density at radius 2 is 1.84 bits per heavy atom. The first-order valence-corrected chi connectivity index (χ1v) is 11.3. The molecule has 31 heavy (non-hydrogen) atoms. The van der Waals surface area contributed by atoms with Gasteiger partial charge < -0.3 is 20.3 Å². The number of aliphatic imine (C=N–C) groups is 1. The van der Waals surface area contributed by atoms with E-state index < -0.39 is 0 Å². The molecule has 1 aromatic rings. The number of likely N-dealkylation sites (tertiary alicyclic amines) is 1. The van der Waals surface area contributed by atoms with Gasteiger partial charge in [-0.25, -0.2) is 0 Å². The van der Waals surface area contributed by atoms with Gasteiger partial charge in [0.15, 0.2) is 5.96 Å². The minimum atomic E-state index is 0. The molecule has 0 spiro atoms. The monoisotopic (exact) mass is 543 g/mol. The SMILES string of the molecule is CCNC(=NCC(c1ccccc1)N1CCOCC1)N1CCC(CC(=O)NC)CC1.I. The summed E-state index contributed by atoms with van der Waals surface area (Å²) in [6.45, 7) is 9.03. The molecule has 2 saturated heterocycles. The highest BCUT2D eigenvalue weighted by Gasteiger charge is 2.25. The summed E-state index contributed by atoms with van der Waals surface area (Å²) in [5.74, 6) is 1.60. The van der Waals surface area contributed by atoms with E-state index in [-0.39, 0.29) is 35.9 Å². The van der Waals surface area contributed by atoms with Gasteiger partial charge in [0.2, 0.25) is 5.91 Å². The zero-order valence-corrected chi connectivity index (χ0v) is 21.2. The predicted octanol–water partition coefficient (Wildman–Crippen LogP) is 2.49. The molecule has 2 heterocycles. The molecule has 2 N–H and O–H groups in total. The van der Waals surface area contributed by atoms with Gasteiger partial charge in [0.05, 0.1) is 25.8 Å². The number of benzene rings is 1. The zero-order valence-electron chi connectivity index (χ0n) is 18.9. The van der Waals surface area contributed by atoms with Crippen LogP contribution in [0.2, 0.25) is 0 Å². The molecule has 1 amide bonds. The molecule has 0 bridgehead atoms. The Hall–Kier alpha value is -1.39. The lowest BCUT2D eigenvalue weighted by Crippen LogP contribution is -2.46. The Morgan fingerprint density at radius 3 is 2.45 bits per heavy atom. The van der Waals surface area contributed by atoms with Crippen LogP contribution in [0.15, 0.2) is 35.3 Å². The van der Waals surface area contributed by atoms with Crippen molar-refractivity contribution in [3.05, 3.63) is 35.9 Å². The van der Waals surface area contributed by atoms with Crippen LogP contribution in [0.3, 0.4) is 0 Å². The number of amides is 1. The van der Waals surface area contributed by atoms with Gasteiger partial charge in [0.25, 0.3) is 0 Å². The summed E-state index contributed by atoms with van der Waals surface area (Å²) >= 11 is 0. The van der Waals surface area contributed by atoms with Crippen molar-refractivity contribution < 1.29 is 9.53 Å². The summed E-state index contributed by atoms with van der Waals surface area (Å²) in [6, 6.07) is 10.9. The van der Waals surface area contributed by atoms with Crippen LogP contribution < -0.4 is 10.6 Å². The molecular weight excluding hydrogens is 505 g/mol. The molecular formula is C23H38IN5O2. The van der Waals surface area contributed by atoms with E-state index in [0.29, 0.717) is 12.3 Å². The topological polar surface area (TPSA) is 69.2 Å². The number of morpholine rings is 1. The molecule has 0 radical (unpaired) electrons. The van der Waals surface area contributed by atoms with Crippen LogP contribution in [0.25, 0.3) is 0 Å². The van der Waals surface area contributed by atoms with Gasteiger partial charge in [0, 0.05) is 46.2 Å². The van der Waals surface area contributed by atoms with E-state index in [9.17, 15) is 4.79 Å². The van der Waals surface area contributed by atoms with Crippen molar-refractivity contribution in [2.75, 3.05) is 59.5 Å². The highest BCUT2D eigenvalue weighted by Crippen LogP contribution is 2.23. The quantitative estimate of drug-likeness (QED) is 0.314. The molecule has 1 atom stereocenters. The third kappa shape index (κ3) is 7.91. The number of halogens is 1. The first-order valence-electron chi connectivity index (χ1n) is 11.3. The van der Waals surface area contributed by atoms with Crippen LogP contribution in [0.4, 0.5) is 0 Å². The second-order valence-corrected chi connectivity index (χ2v) is 8.08. The third-order valence-corrected chi connectivity index (χ3v) is 6.09. The lowest BCUT2D eigenvalue weighted by Gasteiger charge is -2.36. The van der Waals surface area contributed by atoms with Gasteiger partial charge >= 0.3 is 0 Å². The van der Waals surface area contributed by atoms with Crippen LogP contribution in [-0.2, 0) is 9.53 Å². The molecule has 2 aliphatic rings. The van der Waals surface area contributed by atoms with Crippen molar-refractivity contribution >= 4 is 35.8 Å². The van der Waals surface area contributed by atoms with E-state index in [1.54, 1.807) is 7.05 Å². The minimum absolute atomic E-state index is 0. The number of carbonyl (C=O) groups is 1. The molecule has 8 heteroatoms. The van der Waals surface area contributed by atoms with Gasteiger partial charge in [-0.05, 0) is 31.2 Å². The molecule has 2 fully saturated rings. The fourth-order valence-corrected chi connectivity index (χ4v) is 4.31. The van der Waals surface area contributed by atoms with Gasteiger partial charge in [0.1, 0.15) is 0 Å². The number of ether oxygens (including phenoxy) is 1. The van der Waals surface area contributed by atoms with E-state index in [1.807, 2.05) is 0 Å². The number of carbonyl (C=O) groups excluding carboxylic acids is 1. The van der Waals surface area contributed by atoms with E-state index in [1.165, 1.54) is 5.56 Å². The number of nitrogens with zero attached hydrogens (tertiary/aromatic N) is 3. The molecule has 1 aromatic carbocycles. The summed E-state index contributed by atoms with van der Waals surface area (Å²) in [6.07, 6.45) is 2.69. The number of nitrogens with one attached hydrogen (secondary N) is 2. The van der Waals surface area contributed by atoms with Crippen LogP contribution in [-0.4, -0.2) is 81.2 Å². The average molecular weight is 543 g/mol. The Labute approximate surface area is 204 Å². The van der Waals surface area contributed by atoms with E-state index in [4.69, 9.17) is 9.73 Å². The molecule has 0 aromatic heterocycles. The van der Waals surface area contributed by atoms with Crippen molar-refractivity contribution in [1.82, 2.24) is 20.4 Å². The fraction of sp³-hybridized carbons (Fsp3) is 0.652. The van der Waals surface area contributed by atoms with Crippen LogP contribution in [0.1, 0.15) is 37.8 Å². The van der Waals surface area contributed by atoms with Crippen molar-refractivity contribution in [3.8, 4) is 0 Å². The highest BCUT2D eigenvalue weighted by molar-refractivity contribution is 14.0. The second-order valence-electron chi connectivity index (χ2n) is 8.08. The lowest BCUT2D eigenvalue weighted by molar-refractivity contribution is -0.121. The van der Waals surface area contributed by atoms with Crippen molar-refractivity contribution in [2.24, 2.45) is 10.9 Å². The number of guanidine groups is 1. The standard InChI is InChI=1S/C23H37N5O2.HI/c1-3-25-23(28-11-9-19(10-12-28)17-22(29)24-2)26-18-21(20-7-5-4-6-8-20)27-13-15-30-16-14-27;/h4-8,19,21H,3,9-18H2,1-2H3,(H,24,29)(H,25,26);1H. The molecule has 3 rings (SSSR count). The van der Waals surface area contributed by atoms with Crippen molar-refractivity contribution in [1.29, 1.82) is 0 Å². The van der Waals surface area contributed by atoms with Gasteiger partial charge in [-0.3, -0.25) is 14.7 Å². The highest BCUT2D eigenvalue weighted by atomic mass is 127. The van der Waals surface area contributed by atoms with Crippen molar-refractivity contribution in [2.45, 2.75) is 32.2 Å². The lowest BCUT2D eigenvalue weighted by atomic mass is 9.93. The van der Waals surface area contributed by atoms with Gasteiger partial charge in [-0.1, -0.05) is 30.3 Å². The van der Waals surface area contributed by atoms with Crippen LogP contribution in [0.5, 0.6) is 0 Å². The average Bonchev–Trinajstić information content (AvgIpc) is 2.80. The molecule has 1 unspecified atom stereocenters. The van der Waals surface area contributed by atoms with Crippen LogP contribution >= 0.6 is 24.0 Å². The molecule has 0 saturated carbocycles. The smallest absolute Gasteiger partial charge is 0.220 e.